The van der Waals surface area contributed by atoms with Crippen molar-refractivity contribution < 1.29 is 18.3 Å². The summed E-state index contributed by atoms with van der Waals surface area (Å²) in [5.74, 6) is -0.308. The first-order chi connectivity index (χ1) is 6.16. The third-order valence-corrected chi connectivity index (χ3v) is 1.21. The van der Waals surface area contributed by atoms with Crippen LogP contribution in [0, 0.1) is 0 Å². The van der Waals surface area contributed by atoms with E-state index < -0.39 is 13.0 Å². The summed E-state index contributed by atoms with van der Waals surface area (Å²) in [5, 5.41) is 4.79. The lowest BCUT2D eigenvalue weighted by atomic mass is 10.5. The Morgan fingerprint density at radius 2 is 2.23 bits per heavy atom. The summed E-state index contributed by atoms with van der Waals surface area (Å²) in [6.45, 7) is 0.262. The standard InChI is InChI=1S/C7H14F2N2O2/c1-13-3-2-11-7(12)5-10-4-6(8)9/h6,10H,2-5H2,1H3,(H,11,12). The maximum atomic E-state index is 11.6. The van der Waals surface area contributed by atoms with Crippen LogP contribution in [0.3, 0.4) is 0 Å². The molecule has 0 radical (unpaired) electrons. The maximum absolute atomic E-state index is 11.6. The van der Waals surface area contributed by atoms with Crippen molar-refractivity contribution in [3.8, 4) is 0 Å². The fraction of sp³-hybridized carbons (Fsp3) is 0.857. The Kier molecular flexibility index (Phi) is 7.42. The summed E-state index contributed by atoms with van der Waals surface area (Å²) in [4.78, 5) is 10.8. The van der Waals surface area contributed by atoms with E-state index in [1.807, 2.05) is 0 Å². The Morgan fingerprint density at radius 3 is 2.77 bits per heavy atom. The van der Waals surface area contributed by atoms with Crippen LogP contribution in [0.5, 0.6) is 0 Å². The van der Waals surface area contributed by atoms with E-state index in [2.05, 4.69) is 15.4 Å². The van der Waals surface area contributed by atoms with Crippen molar-refractivity contribution in [2.45, 2.75) is 6.43 Å². The van der Waals surface area contributed by atoms with Gasteiger partial charge in [0.15, 0.2) is 0 Å². The number of hydrogen-bond acceptors (Lipinski definition) is 3. The summed E-state index contributed by atoms with van der Waals surface area (Å²) in [6, 6.07) is 0. The largest absolute Gasteiger partial charge is 0.383 e. The highest BCUT2D eigenvalue weighted by molar-refractivity contribution is 5.77. The molecule has 0 unspecified atom stereocenters. The van der Waals surface area contributed by atoms with E-state index in [9.17, 15) is 13.6 Å². The van der Waals surface area contributed by atoms with Crippen molar-refractivity contribution in [3.05, 3.63) is 0 Å². The topological polar surface area (TPSA) is 50.4 Å². The lowest BCUT2D eigenvalue weighted by Crippen LogP contribution is -2.37. The molecule has 0 aromatic rings. The predicted octanol–water partition coefficient (Wildman–Crippen LogP) is -0.396. The molecule has 0 aromatic carbocycles. The van der Waals surface area contributed by atoms with Crippen LogP contribution < -0.4 is 10.6 Å². The average Bonchev–Trinajstić information content (AvgIpc) is 2.04. The predicted molar refractivity (Wildman–Crippen MR) is 43.8 cm³/mol. The summed E-state index contributed by atoms with van der Waals surface area (Å²) < 4.78 is 27.8. The Labute approximate surface area is 75.6 Å². The molecule has 6 heteroatoms. The molecule has 0 saturated heterocycles. The molecule has 0 aromatic heterocycles. The van der Waals surface area contributed by atoms with Gasteiger partial charge in [-0.15, -0.1) is 0 Å². The number of halogens is 2. The second-order valence-electron chi connectivity index (χ2n) is 2.36. The quantitative estimate of drug-likeness (QED) is 0.545. The van der Waals surface area contributed by atoms with E-state index in [1.54, 1.807) is 0 Å². The highest BCUT2D eigenvalue weighted by Gasteiger charge is 2.03. The molecule has 0 rings (SSSR count). The molecule has 4 nitrogen and oxygen atoms in total. The molecule has 13 heavy (non-hydrogen) atoms. The maximum Gasteiger partial charge on any atom is 0.250 e. The van der Waals surface area contributed by atoms with Gasteiger partial charge < -0.3 is 15.4 Å². The summed E-state index contributed by atoms with van der Waals surface area (Å²) >= 11 is 0. The van der Waals surface area contributed by atoms with Gasteiger partial charge >= 0.3 is 0 Å². The van der Waals surface area contributed by atoms with Crippen molar-refractivity contribution >= 4 is 5.91 Å². The van der Waals surface area contributed by atoms with Crippen LogP contribution in [-0.2, 0) is 9.53 Å². The van der Waals surface area contributed by atoms with Crippen molar-refractivity contribution in [2.75, 3.05) is 33.4 Å². The van der Waals surface area contributed by atoms with Crippen molar-refractivity contribution in [1.82, 2.24) is 10.6 Å². The molecule has 2 N–H and O–H groups in total. The Balaban J connectivity index is 3.20. The molecule has 1 amide bonds. The third kappa shape index (κ3) is 9.16. The Morgan fingerprint density at radius 1 is 1.54 bits per heavy atom. The van der Waals surface area contributed by atoms with Crippen LogP contribution in [0.25, 0.3) is 0 Å². The van der Waals surface area contributed by atoms with Crippen LogP contribution in [0.4, 0.5) is 8.78 Å². The van der Waals surface area contributed by atoms with Gasteiger partial charge in [-0.05, 0) is 0 Å². The first-order valence-electron chi connectivity index (χ1n) is 3.91. The number of ether oxygens (including phenoxy) is 1. The summed E-state index contributed by atoms with van der Waals surface area (Å²) in [7, 11) is 1.52. The zero-order valence-electron chi connectivity index (χ0n) is 7.48. The normalized spacial score (nSPS) is 10.5. The lowest BCUT2D eigenvalue weighted by Gasteiger charge is -2.05. The van der Waals surface area contributed by atoms with E-state index in [1.165, 1.54) is 7.11 Å². The number of nitrogens with one attached hydrogen (secondary N) is 2. The fourth-order valence-electron chi connectivity index (χ4n) is 0.650. The molecule has 0 aliphatic rings. The van der Waals surface area contributed by atoms with Crippen LogP contribution in [0.2, 0.25) is 0 Å². The van der Waals surface area contributed by atoms with E-state index in [0.717, 1.165) is 0 Å². The molecular weight excluding hydrogens is 182 g/mol. The fourth-order valence-corrected chi connectivity index (χ4v) is 0.650. The molecule has 0 spiro atoms. The SMILES string of the molecule is COCCNC(=O)CNCC(F)F. The molecule has 0 heterocycles. The Bertz CT molecular complexity index is 144. The van der Waals surface area contributed by atoms with E-state index in [4.69, 9.17) is 0 Å². The van der Waals surface area contributed by atoms with Gasteiger partial charge in [0.2, 0.25) is 5.91 Å². The van der Waals surface area contributed by atoms with Gasteiger partial charge in [-0.25, -0.2) is 8.78 Å². The smallest absolute Gasteiger partial charge is 0.250 e. The van der Waals surface area contributed by atoms with Gasteiger partial charge in [0.25, 0.3) is 6.43 Å². The second-order valence-corrected chi connectivity index (χ2v) is 2.36. The minimum atomic E-state index is -2.42. The van der Waals surface area contributed by atoms with E-state index >= 15 is 0 Å². The first kappa shape index (κ1) is 12.2. The number of amides is 1. The minimum Gasteiger partial charge on any atom is -0.383 e. The zero-order valence-corrected chi connectivity index (χ0v) is 7.48. The van der Waals surface area contributed by atoms with Crippen LogP contribution in [0.15, 0.2) is 0 Å². The van der Waals surface area contributed by atoms with E-state index in [-0.39, 0.29) is 12.5 Å². The molecular formula is C7H14F2N2O2. The van der Waals surface area contributed by atoms with E-state index in [0.29, 0.717) is 13.2 Å². The van der Waals surface area contributed by atoms with Crippen LogP contribution >= 0.6 is 0 Å². The highest BCUT2D eigenvalue weighted by atomic mass is 19.3. The molecule has 78 valence electrons. The monoisotopic (exact) mass is 196 g/mol. The number of hydrogen-bond donors (Lipinski definition) is 2. The van der Waals surface area contributed by atoms with Gasteiger partial charge in [-0.3, -0.25) is 4.79 Å². The Hall–Kier alpha value is -0.750. The number of rotatable bonds is 7. The molecule has 0 aliphatic heterocycles. The molecule has 0 aliphatic carbocycles. The third-order valence-electron chi connectivity index (χ3n) is 1.21. The molecule has 0 fully saturated rings. The lowest BCUT2D eigenvalue weighted by molar-refractivity contribution is -0.120. The summed E-state index contributed by atoms with van der Waals surface area (Å²) in [5.41, 5.74) is 0. The average molecular weight is 196 g/mol. The molecule has 0 saturated carbocycles. The number of carbonyl (C=O) groups is 1. The molecule has 0 atom stereocenters. The van der Waals surface area contributed by atoms with Gasteiger partial charge in [0.1, 0.15) is 0 Å². The number of alkyl halides is 2. The van der Waals surface area contributed by atoms with Gasteiger partial charge in [-0.1, -0.05) is 0 Å². The number of methoxy groups -OCH3 is 1. The van der Waals surface area contributed by atoms with Gasteiger partial charge in [0, 0.05) is 13.7 Å². The minimum absolute atomic E-state index is 0.0892. The van der Waals surface area contributed by atoms with Crippen molar-refractivity contribution in [3.63, 3.8) is 0 Å². The first-order valence-corrected chi connectivity index (χ1v) is 3.91. The second kappa shape index (κ2) is 7.88. The van der Waals surface area contributed by atoms with Gasteiger partial charge in [0.05, 0.1) is 19.7 Å². The van der Waals surface area contributed by atoms with Crippen molar-refractivity contribution in [2.24, 2.45) is 0 Å². The molecule has 0 bridgehead atoms. The highest BCUT2D eigenvalue weighted by Crippen LogP contribution is 1.86. The zero-order chi connectivity index (χ0) is 10.1. The van der Waals surface area contributed by atoms with Crippen LogP contribution in [0.1, 0.15) is 0 Å². The number of carbonyl (C=O) groups excluding carboxylic acids is 1. The summed E-state index contributed by atoms with van der Waals surface area (Å²) in [6.07, 6.45) is -2.42. The van der Waals surface area contributed by atoms with Crippen molar-refractivity contribution in [1.29, 1.82) is 0 Å². The van der Waals surface area contributed by atoms with Gasteiger partial charge in [-0.2, -0.15) is 0 Å². The van der Waals surface area contributed by atoms with Crippen LogP contribution in [-0.4, -0.2) is 45.7 Å².